The molecular weight excluding hydrogens is 168 g/mol. The first-order valence-electron chi connectivity index (χ1n) is 2.67. The molecule has 0 nitrogen and oxygen atoms in total. The van der Waals surface area contributed by atoms with Gasteiger partial charge in [0.1, 0.15) is 0 Å². The summed E-state index contributed by atoms with van der Waals surface area (Å²) in [5.41, 5.74) is 0. The number of thiocarbonyl (C=S) groups is 3. The molecule has 0 atom stereocenters. The van der Waals surface area contributed by atoms with Gasteiger partial charge in [-0.25, -0.2) is 0 Å². The summed E-state index contributed by atoms with van der Waals surface area (Å²) in [6.07, 6.45) is 0.822. The number of rotatable bonds is 3. The topological polar surface area (TPSA) is 0 Å². The second-order valence-electron chi connectivity index (χ2n) is 1.66. The van der Waals surface area contributed by atoms with Gasteiger partial charge < -0.3 is 0 Å². The van der Waals surface area contributed by atoms with E-state index in [1.807, 2.05) is 6.92 Å². The molecule has 0 heterocycles. The van der Waals surface area contributed by atoms with Gasteiger partial charge in [0.15, 0.2) is 0 Å². The molecule has 0 aromatic rings. The van der Waals surface area contributed by atoms with Crippen molar-refractivity contribution in [3.8, 4) is 0 Å². The molecule has 0 saturated heterocycles. The van der Waals surface area contributed by atoms with Gasteiger partial charge in [0.25, 0.3) is 0 Å². The Hall–Kier alpha value is 0.270. The molecular formula is C6H8S3. The lowest BCUT2D eigenvalue weighted by atomic mass is 10.2. The van der Waals surface area contributed by atoms with Crippen molar-refractivity contribution >= 4 is 51.2 Å². The Kier molecular flexibility index (Phi) is 4.27. The lowest BCUT2D eigenvalue weighted by Crippen LogP contribution is -2.14. The van der Waals surface area contributed by atoms with Gasteiger partial charge in [-0.1, -0.05) is 43.6 Å². The molecule has 0 N–H and O–H groups in total. The smallest absolute Gasteiger partial charge is 0.0652 e. The molecule has 0 amide bonds. The summed E-state index contributed by atoms with van der Waals surface area (Å²) in [6, 6.07) is 0. The van der Waals surface area contributed by atoms with Gasteiger partial charge in [0.2, 0.25) is 0 Å². The van der Waals surface area contributed by atoms with Crippen molar-refractivity contribution in [1.82, 2.24) is 0 Å². The molecule has 0 aliphatic rings. The summed E-state index contributed by atoms with van der Waals surface area (Å²) in [5.74, 6) is 0. The normalized spacial score (nSPS) is 8.67. The highest BCUT2D eigenvalue weighted by Crippen LogP contribution is 1.93. The zero-order valence-electron chi connectivity index (χ0n) is 5.43. The van der Waals surface area contributed by atoms with Crippen LogP contribution in [-0.2, 0) is 0 Å². The largest absolute Gasteiger partial charge is 0.0836 e. The van der Waals surface area contributed by atoms with Crippen molar-refractivity contribution in [2.45, 2.75) is 20.3 Å². The first kappa shape index (κ1) is 9.27. The summed E-state index contributed by atoms with van der Waals surface area (Å²) in [5, 5.41) is 0. The molecule has 0 aliphatic heterocycles. The van der Waals surface area contributed by atoms with Crippen LogP contribution in [-0.4, -0.2) is 14.6 Å². The summed E-state index contributed by atoms with van der Waals surface area (Å²) in [7, 11) is 0. The van der Waals surface area contributed by atoms with Crippen LogP contribution < -0.4 is 0 Å². The van der Waals surface area contributed by atoms with Gasteiger partial charge in [-0.15, -0.1) is 0 Å². The van der Waals surface area contributed by atoms with E-state index in [1.165, 1.54) is 0 Å². The quantitative estimate of drug-likeness (QED) is 0.607. The fraction of sp³-hybridized carbons (Fsp3) is 0.500. The van der Waals surface area contributed by atoms with Gasteiger partial charge in [-0.2, -0.15) is 0 Å². The second-order valence-corrected chi connectivity index (χ2v) is 3.18. The average Bonchev–Trinajstić information content (AvgIpc) is 1.84. The zero-order valence-corrected chi connectivity index (χ0v) is 7.88. The van der Waals surface area contributed by atoms with Crippen molar-refractivity contribution in [1.29, 1.82) is 0 Å². The second kappa shape index (κ2) is 4.14. The van der Waals surface area contributed by atoms with Crippen molar-refractivity contribution in [3.05, 3.63) is 0 Å². The third-order valence-corrected chi connectivity index (χ3v) is 2.40. The maximum Gasteiger partial charge on any atom is 0.0652 e. The Morgan fingerprint density at radius 1 is 1.22 bits per heavy atom. The van der Waals surface area contributed by atoms with E-state index < -0.39 is 0 Å². The van der Waals surface area contributed by atoms with E-state index in [-0.39, 0.29) is 0 Å². The number of hydrogen-bond acceptors (Lipinski definition) is 3. The molecule has 9 heavy (non-hydrogen) atoms. The molecule has 0 radical (unpaired) electrons. The molecule has 50 valence electrons. The molecule has 0 bridgehead atoms. The third-order valence-electron chi connectivity index (χ3n) is 0.894. The first-order chi connectivity index (χ1) is 4.09. The van der Waals surface area contributed by atoms with Crippen LogP contribution >= 0.6 is 36.7 Å². The number of hydrogen-bond donors (Lipinski definition) is 0. The first-order valence-corrected chi connectivity index (χ1v) is 3.90. The van der Waals surface area contributed by atoms with Gasteiger partial charge in [-0.3, -0.25) is 0 Å². The molecule has 0 aliphatic carbocycles. The van der Waals surface area contributed by atoms with Gasteiger partial charge in [-0.05, 0) is 13.3 Å². The van der Waals surface area contributed by atoms with Gasteiger partial charge in [0, 0.05) is 9.73 Å². The SMILES string of the molecule is CCC(=S)C(=S)C(C)=S. The van der Waals surface area contributed by atoms with E-state index >= 15 is 0 Å². The van der Waals surface area contributed by atoms with Crippen LogP contribution in [0.2, 0.25) is 0 Å². The fourth-order valence-corrected chi connectivity index (χ4v) is 0.842. The minimum absolute atomic E-state index is 0.683. The van der Waals surface area contributed by atoms with E-state index in [0.29, 0.717) is 4.86 Å². The lowest BCUT2D eigenvalue weighted by Gasteiger charge is -1.97. The predicted molar refractivity (Wildman–Crippen MR) is 53.8 cm³/mol. The van der Waals surface area contributed by atoms with Crippen LogP contribution in [0.4, 0.5) is 0 Å². The monoisotopic (exact) mass is 176 g/mol. The highest BCUT2D eigenvalue weighted by Gasteiger charge is 2.02. The Morgan fingerprint density at radius 3 is 1.78 bits per heavy atom. The molecule has 0 aromatic carbocycles. The van der Waals surface area contributed by atoms with Crippen LogP contribution in [0.25, 0.3) is 0 Å². The van der Waals surface area contributed by atoms with E-state index in [9.17, 15) is 0 Å². The minimum atomic E-state index is 0.683. The molecule has 0 aromatic heterocycles. The zero-order chi connectivity index (χ0) is 7.44. The highest BCUT2D eigenvalue weighted by molar-refractivity contribution is 7.95. The predicted octanol–water partition coefficient (Wildman–Crippen LogP) is 2.53. The lowest BCUT2D eigenvalue weighted by molar-refractivity contribution is 1.34. The Labute approximate surface area is 71.6 Å². The van der Waals surface area contributed by atoms with Gasteiger partial charge in [0.05, 0.1) is 4.86 Å². The van der Waals surface area contributed by atoms with Crippen molar-refractivity contribution in [2.75, 3.05) is 0 Å². The van der Waals surface area contributed by atoms with E-state index in [2.05, 4.69) is 0 Å². The molecule has 3 heteroatoms. The summed E-state index contributed by atoms with van der Waals surface area (Å²) in [6.45, 7) is 3.78. The van der Waals surface area contributed by atoms with Gasteiger partial charge >= 0.3 is 0 Å². The van der Waals surface area contributed by atoms with Crippen molar-refractivity contribution in [3.63, 3.8) is 0 Å². The summed E-state index contributed by atoms with van der Waals surface area (Å²) < 4.78 is 0. The van der Waals surface area contributed by atoms with Crippen LogP contribution in [0.5, 0.6) is 0 Å². The molecule has 0 unspecified atom stereocenters. The Balaban J connectivity index is 4.05. The van der Waals surface area contributed by atoms with Crippen LogP contribution in [0, 0.1) is 0 Å². The summed E-state index contributed by atoms with van der Waals surface area (Å²) in [4.78, 5) is 2.22. The third kappa shape index (κ3) is 3.08. The van der Waals surface area contributed by atoms with Crippen LogP contribution in [0.15, 0.2) is 0 Å². The summed E-state index contributed by atoms with van der Waals surface area (Å²) >= 11 is 14.7. The molecule has 0 rings (SSSR count). The van der Waals surface area contributed by atoms with E-state index in [4.69, 9.17) is 36.7 Å². The fourth-order valence-electron chi connectivity index (χ4n) is 0.357. The Morgan fingerprint density at radius 2 is 1.67 bits per heavy atom. The van der Waals surface area contributed by atoms with E-state index in [1.54, 1.807) is 6.92 Å². The Bertz CT molecular complexity index is 158. The van der Waals surface area contributed by atoms with Crippen molar-refractivity contribution < 1.29 is 0 Å². The van der Waals surface area contributed by atoms with Crippen LogP contribution in [0.3, 0.4) is 0 Å². The van der Waals surface area contributed by atoms with Crippen molar-refractivity contribution in [2.24, 2.45) is 0 Å². The highest BCUT2D eigenvalue weighted by atomic mass is 32.1. The van der Waals surface area contributed by atoms with Crippen LogP contribution in [0.1, 0.15) is 20.3 Å². The molecule has 0 saturated carbocycles. The maximum absolute atomic E-state index is 4.93. The maximum atomic E-state index is 4.93. The average molecular weight is 176 g/mol. The molecule has 0 spiro atoms. The molecule has 0 fully saturated rings. The standard InChI is InChI=1S/C6H8S3/c1-3-5(8)6(9)4(2)7/h3H2,1-2H3. The minimum Gasteiger partial charge on any atom is -0.0836 e. The van der Waals surface area contributed by atoms with E-state index in [0.717, 1.165) is 16.1 Å².